The highest BCUT2D eigenvalue weighted by atomic mass is 32.2. The van der Waals surface area contributed by atoms with E-state index in [0.29, 0.717) is 10.2 Å². The van der Waals surface area contributed by atoms with Crippen molar-refractivity contribution in [2.75, 3.05) is 18.4 Å². The number of thiazole rings is 1. The van der Waals surface area contributed by atoms with E-state index in [1.54, 1.807) is 0 Å². The number of nitrogens with one attached hydrogen (secondary N) is 1. The maximum atomic E-state index is 13.0. The topological polar surface area (TPSA) is 149 Å². The lowest BCUT2D eigenvalue weighted by molar-refractivity contribution is -0.0440. The number of nitrogens with zero attached hydrogens (tertiary/aromatic N) is 2. The van der Waals surface area contributed by atoms with E-state index in [-0.39, 0.29) is 45.8 Å². The Morgan fingerprint density at radius 3 is 2.27 bits per heavy atom. The number of nitrogens with two attached hydrogens (primary N) is 1. The Bertz CT molecular complexity index is 1410. The Balaban J connectivity index is 1.50. The summed E-state index contributed by atoms with van der Waals surface area (Å²) in [5, 5.41) is 8.07. The second-order valence-corrected chi connectivity index (χ2v) is 12.3. The molecule has 1 fully saturated rings. The van der Waals surface area contributed by atoms with Crippen LogP contribution in [-0.4, -0.2) is 57.3 Å². The van der Waals surface area contributed by atoms with Gasteiger partial charge in [-0.3, -0.25) is 10.1 Å². The molecule has 0 aliphatic carbocycles. The number of ether oxygens (including phenoxy) is 1. The van der Waals surface area contributed by atoms with Crippen LogP contribution in [0.2, 0.25) is 0 Å². The number of fused-ring (bicyclic) bond motifs is 1. The van der Waals surface area contributed by atoms with Gasteiger partial charge in [-0.2, -0.15) is 4.31 Å². The molecule has 1 aliphatic rings. The molecular weight excluding hydrogens is 488 g/mol. The maximum absolute atomic E-state index is 13.0. The van der Waals surface area contributed by atoms with Gasteiger partial charge in [0.2, 0.25) is 20.0 Å². The van der Waals surface area contributed by atoms with Crippen LogP contribution in [0.25, 0.3) is 10.2 Å². The molecule has 2 atom stereocenters. The summed E-state index contributed by atoms with van der Waals surface area (Å²) in [6.45, 7) is 4.17. The van der Waals surface area contributed by atoms with Crippen LogP contribution in [0.4, 0.5) is 5.13 Å². The lowest BCUT2D eigenvalue weighted by Crippen LogP contribution is -2.48. The first-order valence-corrected chi connectivity index (χ1v) is 13.7. The molecule has 0 unspecified atom stereocenters. The molecule has 1 aliphatic heterocycles. The first kappa shape index (κ1) is 23.7. The van der Waals surface area contributed by atoms with E-state index in [1.165, 1.54) is 46.8 Å². The van der Waals surface area contributed by atoms with Gasteiger partial charge in [-0.05, 0) is 56.3 Å². The average molecular weight is 511 g/mol. The molecule has 4 rings (SSSR count). The zero-order chi connectivity index (χ0) is 24.0. The summed E-state index contributed by atoms with van der Waals surface area (Å²) in [4.78, 5) is 16.9. The number of sulfonamides is 2. The molecule has 10 nitrogen and oxygen atoms in total. The smallest absolute Gasteiger partial charge is 0.257 e. The van der Waals surface area contributed by atoms with Gasteiger partial charge >= 0.3 is 0 Å². The summed E-state index contributed by atoms with van der Waals surface area (Å²) in [5.41, 5.74) is 0.764. The van der Waals surface area contributed by atoms with Gasteiger partial charge in [0, 0.05) is 18.7 Å². The van der Waals surface area contributed by atoms with Crippen molar-refractivity contribution in [1.82, 2.24) is 9.29 Å². The second-order valence-electron chi connectivity index (χ2n) is 7.75. The van der Waals surface area contributed by atoms with Crippen molar-refractivity contribution in [3.8, 4) is 0 Å². The summed E-state index contributed by atoms with van der Waals surface area (Å²) < 4.78 is 56.5. The average Bonchev–Trinajstić information content (AvgIpc) is 3.14. The molecule has 2 heterocycles. The van der Waals surface area contributed by atoms with Crippen LogP contribution in [0.1, 0.15) is 24.2 Å². The number of rotatable bonds is 5. The van der Waals surface area contributed by atoms with Crippen molar-refractivity contribution in [2.24, 2.45) is 5.14 Å². The zero-order valence-electron chi connectivity index (χ0n) is 17.8. The standard InChI is InChI=1S/C20H22N4O6S3/c1-12-10-24(11-13(2)30-12)33(28,29)15-5-3-14(4-6-15)19(25)23-20-22-17-8-7-16(32(21,26)27)9-18(17)31-20/h3-9,12-13H,10-11H2,1-2H3,(H2,21,26,27)(H,22,23,25)/t12-,13-/m1/s1. The highest BCUT2D eigenvalue weighted by Crippen LogP contribution is 2.28. The molecule has 1 amide bonds. The minimum Gasteiger partial charge on any atom is -0.373 e. The van der Waals surface area contributed by atoms with Gasteiger partial charge in [-0.25, -0.2) is 27.0 Å². The highest BCUT2D eigenvalue weighted by Gasteiger charge is 2.32. The van der Waals surface area contributed by atoms with E-state index in [2.05, 4.69) is 10.3 Å². The third kappa shape index (κ3) is 5.08. The third-order valence-electron chi connectivity index (χ3n) is 5.05. The largest absolute Gasteiger partial charge is 0.373 e. The highest BCUT2D eigenvalue weighted by molar-refractivity contribution is 7.89. The second kappa shape index (κ2) is 8.74. The SMILES string of the molecule is C[C@@H]1CN(S(=O)(=O)c2ccc(C(=O)Nc3nc4ccc(S(N)(=O)=O)cc4s3)cc2)C[C@@H](C)O1. The summed E-state index contributed by atoms with van der Waals surface area (Å²) in [7, 11) is -7.56. The molecule has 3 N–H and O–H groups in total. The molecule has 13 heteroatoms. The molecule has 1 saturated heterocycles. The Morgan fingerprint density at radius 2 is 1.67 bits per heavy atom. The van der Waals surface area contributed by atoms with Crippen molar-refractivity contribution in [1.29, 1.82) is 0 Å². The monoisotopic (exact) mass is 510 g/mol. The minimum absolute atomic E-state index is 0.0441. The molecular formula is C20H22N4O6S3. The van der Waals surface area contributed by atoms with Crippen LogP contribution < -0.4 is 10.5 Å². The first-order chi connectivity index (χ1) is 15.4. The van der Waals surface area contributed by atoms with Gasteiger partial charge < -0.3 is 4.74 Å². The van der Waals surface area contributed by atoms with Gasteiger partial charge in [-0.15, -0.1) is 0 Å². The van der Waals surface area contributed by atoms with Crippen molar-refractivity contribution < 1.29 is 26.4 Å². The van der Waals surface area contributed by atoms with E-state index in [4.69, 9.17) is 9.88 Å². The lowest BCUT2D eigenvalue weighted by Gasteiger charge is -2.34. The number of carbonyl (C=O) groups excluding carboxylic acids is 1. The van der Waals surface area contributed by atoms with Crippen LogP contribution >= 0.6 is 11.3 Å². The van der Waals surface area contributed by atoms with Crippen LogP contribution in [-0.2, 0) is 24.8 Å². The molecule has 0 saturated carbocycles. The number of benzene rings is 2. The minimum atomic E-state index is -3.85. The molecule has 0 bridgehead atoms. The number of carbonyl (C=O) groups is 1. The maximum Gasteiger partial charge on any atom is 0.257 e. The molecule has 33 heavy (non-hydrogen) atoms. The van der Waals surface area contributed by atoms with Crippen molar-refractivity contribution >= 4 is 52.6 Å². The Hall–Kier alpha value is -2.42. The molecule has 0 radical (unpaired) electrons. The number of amides is 1. The molecule has 176 valence electrons. The quantitative estimate of drug-likeness (QED) is 0.533. The van der Waals surface area contributed by atoms with Gasteiger partial charge in [0.1, 0.15) is 0 Å². The first-order valence-electron chi connectivity index (χ1n) is 9.94. The van der Waals surface area contributed by atoms with Crippen LogP contribution in [0.15, 0.2) is 52.3 Å². The number of primary sulfonamides is 1. The zero-order valence-corrected chi connectivity index (χ0v) is 20.2. The van der Waals surface area contributed by atoms with Gasteiger partial charge in [0.15, 0.2) is 5.13 Å². The summed E-state index contributed by atoms with van der Waals surface area (Å²) in [6, 6.07) is 9.90. The van der Waals surface area contributed by atoms with E-state index >= 15 is 0 Å². The molecule has 2 aromatic carbocycles. The Labute approximate surface area is 195 Å². The van der Waals surface area contributed by atoms with Crippen molar-refractivity contribution in [3.05, 3.63) is 48.0 Å². The summed E-state index contributed by atoms with van der Waals surface area (Å²) in [5.74, 6) is -0.474. The number of aromatic nitrogens is 1. The fourth-order valence-electron chi connectivity index (χ4n) is 3.56. The number of morpholine rings is 1. The lowest BCUT2D eigenvalue weighted by atomic mass is 10.2. The normalized spacial score (nSPS) is 20.1. The number of anilines is 1. The number of hydrogen-bond acceptors (Lipinski definition) is 8. The predicted octanol–water partition coefficient (Wildman–Crippen LogP) is 1.99. The van der Waals surface area contributed by atoms with Gasteiger partial charge in [-0.1, -0.05) is 11.3 Å². The van der Waals surface area contributed by atoms with E-state index < -0.39 is 26.0 Å². The summed E-state index contributed by atoms with van der Waals surface area (Å²) >= 11 is 1.10. The van der Waals surface area contributed by atoms with Crippen LogP contribution in [0.5, 0.6) is 0 Å². The molecule has 0 spiro atoms. The van der Waals surface area contributed by atoms with E-state index in [0.717, 1.165) is 11.3 Å². The predicted molar refractivity (Wildman–Crippen MR) is 124 cm³/mol. The Kier molecular flexibility index (Phi) is 6.28. The van der Waals surface area contributed by atoms with Gasteiger partial charge in [0.05, 0.1) is 32.2 Å². The fourth-order valence-corrected chi connectivity index (χ4v) is 6.66. The molecule has 1 aromatic heterocycles. The van der Waals surface area contributed by atoms with Gasteiger partial charge in [0.25, 0.3) is 5.91 Å². The molecule has 3 aromatic rings. The fraction of sp³-hybridized carbons (Fsp3) is 0.300. The Morgan fingerprint density at radius 1 is 1.06 bits per heavy atom. The van der Waals surface area contributed by atoms with E-state index in [1.807, 2.05) is 13.8 Å². The van der Waals surface area contributed by atoms with E-state index in [9.17, 15) is 21.6 Å². The summed E-state index contributed by atoms with van der Waals surface area (Å²) in [6.07, 6.45) is -0.410. The third-order valence-corrected chi connectivity index (χ3v) is 8.74. The van der Waals surface area contributed by atoms with Crippen LogP contribution in [0.3, 0.4) is 0 Å². The number of hydrogen-bond donors (Lipinski definition) is 2. The van der Waals surface area contributed by atoms with Crippen LogP contribution in [0, 0.1) is 0 Å². The van der Waals surface area contributed by atoms with Crippen molar-refractivity contribution in [3.63, 3.8) is 0 Å². The van der Waals surface area contributed by atoms with Crippen molar-refractivity contribution in [2.45, 2.75) is 35.8 Å².